The van der Waals surface area contributed by atoms with Crippen LogP contribution in [-0.4, -0.2) is 38.8 Å². The highest BCUT2D eigenvalue weighted by atomic mass is 16.6. The van der Waals surface area contributed by atoms with E-state index in [4.69, 9.17) is 9.47 Å². The van der Waals surface area contributed by atoms with Crippen molar-refractivity contribution >= 4 is 11.9 Å². The van der Waals surface area contributed by atoms with Gasteiger partial charge in [0.2, 0.25) is 0 Å². The van der Waals surface area contributed by atoms with Gasteiger partial charge in [-0.2, -0.15) is 0 Å². The van der Waals surface area contributed by atoms with Crippen LogP contribution in [0.15, 0.2) is 48.5 Å². The number of hydrogen-bond donors (Lipinski definition) is 1. The Morgan fingerprint density at radius 2 is 1.69 bits per heavy atom. The maximum Gasteiger partial charge on any atom is 0.357 e. The largest absolute Gasteiger partial charge is 0.461 e. The molecule has 3 rings (SSSR count). The predicted molar refractivity (Wildman–Crippen MR) is 139 cm³/mol. The highest BCUT2D eigenvalue weighted by molar-refractivity contribution is 5.97. The molecule has 0 atom stereocenters. The maximum absolute atomic E-state index is 12.8. The summed E-state index contributed by atoms with van der Waals surface area (Å²) in [5.74, 6) is -0.0974. The van der Waals surface area contributed by atoms with Crippen LogP contribution in [0, 0.1) is 0 Å². The second kappa shape index (κ2) is 12.0. The van der Waals surface area contributed by atoms with E-state index in [1.54, 1.807) is 13.0 Å². The zero-order valence-electron chi connectivity index (χ0n) is 21.8. The molecule has 0 bridgehead atoms. The molecular weight excluding hydrogens is 456 g/mol. The van der Waals surface area contributed by atoms with Gasteiger partial charge in [-0.25, -0.2) is 14.6 Å². The van der Waals surface area contributed by atoms with Crippen LogP contribution in [0.3, 0.4) is 0 Å². The molecule has 0 amide bonds. The minimum absolute atomic E-state index is 0.241. The molecule has 0 saturated carbocycles. The first-order valence-electron chi connectivity index (χ1n) is 12.5. The third kappa shape index (κ3) is 6.61. The molecule has 0 aliphatic rings. The van der Waals surface area contributed by atoms with Gasteiger partial charge in [0, 0.05) is 13.0 Å². The molecule has 0 aliphatic heterocycles. The molecule has 0 radical (unpaired) electrons. The van der Waals surface area contributed by atoms with Gasteiger partial charge in [0.1, 0.15) is 11.4 Å². The first kappa shape index (κ1) is 27.1. The molecule has 0 saturated heterocycles. The number of carbonyl (C=O) groups excluding carboxylic acids is 2. The van der Waals surface area contributed by atoms with Crippen LogP contribution in [0.5, 0.6) is 0 Å². The Kier molecular flexibility index (Phi) is 9.04. The molecule has 0 unspecified atom stereocenters. The van der Waals surface area contributed by atoms with Gasteiger partial charge in [-0.3, -0.25) is 0 Å². The summed E-state index contributed by atoms with van der Waals surface area (Å²) in [6.07, 6.45) is 2.61. The van der Waals surface area contributed by atoms with Crippen molar-refractivity contribution in [2.45, 2.75) is 72.6 Å². The van der Waals surface area contributed by atoms with Gasteiger partial charge in [-0.05, 0) is 56.9 Å². The van der Waals surface area contributed by atoms with Crippen molar-refractivity contribution in [1.82, 2.24) is 9.55 Å². The molecule has 7 heteroatoms. The first-order chi connectivity index (χ1) is 17.2. The van der Waals surface area contributed by atoms with E-state index in [0.29, 0.717) is 29.9 Å². The van der Waals surface area contributed by atoms with Gasteiger partial charge in [0.25, 0.3) is 0 Å². The van der Waals surface area contributed by atoms with Crippen molar-refractivity contribution in [1.29, 1.82) is 0 Å². The van der Waals surface area contributed by atoms with E-state index in [2.05, 4.69) is 11.9 Å². The molecular formula is C29H36N2O5. The molecule has 3 aromatic rings. The number of benzene rings is 2. The molecule has 1 aromatic heterocycles. The van der Waals surface area contributed by atoms with E-state index in [1.165, 1.54) is 0 Å². The predicted octanol–water partition coefficient (Wildman–Crippen LogP) is 5.57. The van der Waals surface area contributed by atoms with Crippen molar-refractivity contribution in [2.24, 2.45) is 0 Å². The molecule has 7 nitrogen and oxygen atoms in total. The maximum atomic E-state index is 12.8. The van der Waals surface area contributed by atoms with Crippen molar-refractivity contribution in [3.8, 4) is 11.1 Å². The molecule has 0 spiro atoms. The molecule has 1 heterocycles. The summed E-state index contributed by atoms with van der Waals surface area (Å²) in [5.41, 5.74) is 3.19. The van der Waals surface area contributed by atoms with Crippen LogP contribution in [-0.2, 0) is 29.0 Å². The zero-order chi connectivity index (χ0) is 26.3. The van der Waals surface area contributed by atoms with Gasteiger partial charge in [0.05, 0.1) is 24.5 Å². The summed E-state index contributed by atoms with van der Waals surface area (Å²) in [5, 5.41) is 9.85. The number of carbonyl (C=O) groups is 2. The van der Waals surface area contributed by atoms with Gasteiger partial charge in [-0.1, -0.05) is 55.8 Å². The first-order valence-corrected chi connectivity index (χ1v) is 12.5. The Morgan fingerprint density at radius 1 is 1.00 bits per heavy atom. The van der Waals surface area contributed by atoms with Gasteiger partial charge in [-0.15, -0.1) is 0 Å². The van der Waals surface area contributed by atoms with Crippen LogP contribution in [0.25, 0.3) is 11.1 Å². The summed E-state index contributed by atoms with van der Waals surface area (Å²) >= 11 is 0. The summed E-state index contributed by atoms with van der Waals surface area (Å²) < 4.78 is 12.7. The quantitative estimate of drug-likeness (QED) is 0.372. The molecule has 2 aromatic carbocycles. The van der Waals surface area contributed by atoms with E-state index in [-0.39, 0.29) is 19.2 Å². The monoisotopic (exact) mass is 492 g/mol. The van der Waals surface area contributed by atoms with Gasteiger partial charge < -0.3 is 19.1 Å². The lowest BCUT2D eigenvalue weighted by Crippen LogP contribution is -2.24. The minimum Gasteiger partial charge on any atom is -0.461 e. The highest BCUT2D eigenvalue weighted by Crippen LogP contribution is 2.27. The molecule has 1 N–H and O–H groups in total. The number of aliphatic hydroxyl groups excluding tert-OH is 1. The number of hydrogen-bond acceptors (Lipinski definition) is 6. The van der Waals surface area contributed by atoms with Gasteiger partial charge >= 0.3 is 11.9 Å². The van der Waals surface area contributed by atoms with Crippen LogP contribution in [0.1, 0.15) is 85.4 Å². The fraction of sp³-hybridized carbons (Fsp3) is 0.414. The fourth-order valence-corrected chi connectivity index (χ4v) is 4.01. The third-order valence-corrected chi connectivity index (χ3v) is 5.64. The van der Waals surface area contributed by atoms with Gasteiger partial charge in [0.15, 0.2) is 5.69 Å². The highest BCUT2D eigenvalue weighted by Gasteiger charge is 2.24. The zero-order valence-corrected chi connectivity index (χ0v) is 21.8. The lowest BCUT2D eigenvalue weighted by atomic mass is 9.98. The van der Waals surface area contributed by atoms with Crippen LogP contribution < -0.4 is 0 Å². The topological polar surface area (TPSA) is 90.6 Å². The van der Waals surface area contributed by atoms with Crippen LogP contribution in [0.4, 0.5) is 0 Å². The van der Waals surface area contributed by atoms with E-state index in [1.807, 2.05) is 67.8 Å². The molecule has 192 valence electrons. The Morgan fingerprint density at radius 3 is 2.31 bits per heavy atom. The van der Waals surface area contributed by atoms with E-state index >= 15 is 0 Å². The smallest absolute Gasteiger partial charge is 0.357 e. The third-order valence-electron chi connectivity index (χ3n) is 5.64. The van der Waals surface area contributed by atoms with Crippen LogP contribution in [0.2, 0.25) is 0 Å². The number of nitrogens with zero attached hydrogens (tertiary/aromatic N) is 2. The summed E-state index contributed by atoms with van der Waals surface area (Å²) in [4.78, 5) is 30.1. The number of imidazole rings is 1. The van der Waals surface area contributed by atoms with Crippen LogP contribution >= 0.6 is 0 Å². The lowest BCUT2D eigenvalue weighted by molar-refractivity contribution is 0.00701. The number of rotatable bonds is 10. The number of aliphatic hydroxyl groups is 1. The number of aryl methyl sites for hydroxylation is 1. The molecule has 0 aliphatic carbocycles. The number of unbranched alkanes of at least 4 members (excludes halogenated alkanes) is 1. The summed E-state index contributed by atoms with van der Waals surface area (Å²) in [7, 11) is 0. The summed E-state index contributed by atoms with van der Waals surface area (Å²) in [6, 6.07) is 15.2. The van der Waals surface area contributed by atoms with E-state index in [9.17, 15) is 14.7 Å². The lowest BCUT2D eigenvalue weighted by Gasteiger charge is -2.20. The Labute approximate surface area is 213 Å². The van der Waals surface area contributed by atoms with Crippen molar-refractivity contribution < 1.29 is 24.2 Å². The normalized spacial score (nSPS) is 11.4. The number of ether oxygens (including phenoxy) is 2. The Hall–Kier alpha value is -3.45. The Balaban J connectivity index is 1.94. The number of esters is 2. The average molecular weight is 493 g/mol. The number of aromatic nitrogens is 2. The van der Waals surface area contributed by atoms with E-state index < -0.39 is 11.6 Å². The SMILES string of the molecule is CCCCc1nc(CO)c(C(=O)OCC)n1Cc1ccc(-c2ccccc2C(=O)OC(C)(C)C)cc1. The van der Waals surface area contributed by atoms with E-state index in [0.717, 1.165) is 35.4 Å². The standard InChI is InChI=1S/C29H36N2O5/c1-6-8-13-25-30-24(19-32)26(28(34)35-7-2)31(25)18-20-14-16-21(17-15-20)22-11-9-10-12-23(22)27(33)36-29(3,4)5/h9-12,14-17,32H,6-8,13,18-19H2,1-5H3. The van der Waals surface area contributed by atoms with Crippen molar-refractivity contribution in [3.63, 3.8) is 0 Å². The molecule has 0 fully saturated rings. The second-order valence-electron chi connectivity index (χ2n) is 9.64. The minimum atomic E-state index is -0.585. The average Bonchev–Trinajstić information content (AvgIpc) is 3.19. The fourth-order valence-electron chi connectivity index (χ4n) is 4.01. The Bertz CT molecular complexity index is 1190. The molecule has 36 heavy (non-hydrogen) atoms. The summed E-state index contributed by atoms with van der Waals surface area (Å²) in [6.45, 7) is 9.71. The second-order valence-corrected chi connectivity index (χ2v) is 9.64. The van der Waals surface area contributed by atoms with Crippen molar-refractivity contribution in [2.75, 3.05) is 6.61 Å². The van der Waals surface area contributed by atoms with Crippen molar-refractivity contribution in [3.05, 3.63) is 76.9 Å².